The molecule has 0 fully saturated rings. The van der Waals surface area contributed by atoms with Crippen LogP contribution in [0.5, 0.6) is 0 Å². The predicted octanol–water partition coefficient (Wildman–Crippen LogP) is 7.87. The molecule has 0 aliphatic carbocycles. The normalized spacial score (nSPS) is 13.2. The standard InChI is InChI=1S/C25H57N3S/c1-8-14-20-26(21-15-9-2)29(7,27(22-16-10-3)23-17-11-4)28(24-18-12-5)25-19-13-6/h8-25H2,1-7H3. The Bertz CT molecular complexity index is 277. The maximum Gasteiger partial charge on any atom is 0.00964 e. The number of rotatable bonds is 21. The Kier molecular flexibility index (Phi) is 19.1. The van der Waals surface area contributed by atoms with Gasteiger partial charge >= 0.3 is 0 Å². The SMILES string of the molecule is CCCCN(CCCC)S(C)(N(CCCC)CCCC)N(CCCC)CCCC. The molecule has 0 heterocycles. The van der Waals surface area contributed by atoms with Crippen LogP contribution in [0.4, 0.5) is 0 Å². The average Bonchev–Trinajstić information content (AvgIpc) is 2.73. The molecule has 0 aromatic rings. The van der Waals surface area contributed by atoms with Gasteiger partial charge in [-0.3, -0.25) is 0 Å². The summed E-state index contributed by atoms with van der Waals surface area (Å²) in [6.07, 6.45) is 18.4. The monoisotopic (exact) mass is 431 g/mol. The minimum Gasteiger partial charge on any atom is -0.245 e. The summed E-state index contributed by atoms with van der Waals surface area (Å²) in [5, 5.41) is 0. The number of nitrogens with zero attached hydrogens (tertiary/aromatic N) is 3. The first kappa shape index (κ1) is 29.2. The Balaban J connectivity index is 6.01. The molecule has 178 valence electrons. The van der Waals surface area contributed by atoms with E-state index in [4.69, 9.17) is 0 Å². The Morgan fingerprint density at radius 3 is 0.690 bits per heavy atom. The van der Waals surface area contributed by atoms with Gasteiger partial charge in [0.1, 0.15) is 0 Å². The predicted molar refractivity (Wildman–Crippen MR) is 138 cm³/mol. The molecule has 0 aromatic carbocycles. The molecule has 0 rings (SSSR count). The molecule has 4 heteroatoms. The molecule has 0 aliphatic heterocycles. The van der Waals surface area contributed by atoms with Crippen molar-refractivity contribution in [2.75, 3.05) is 45.5 Å². The highest BCUT2D eigenvalue weighted by Gasteiger charge is 2.37. The molecular weight excluding hydrogens is 374 g/mol. The van der Waals surface area contributed by atoms with Crippen molar-refractivity contribution in [3.8, 4) is 0 Å². The molecule has 0 bridgehead atoms. The van der Waals surface area contributed by atoms with Gasteiger partial charge in [0.05, 0.1) is 0 Å². The van der Waals surface area contributed by atoms with Gasteiger partial charge in [0.15, 0.2) is 0 Å². The zero-order chi connectivity index (χ0) is 22.0. The molecule has 0 atom stereocenters. The zero-order valence-corrected chi connectivity index (χ0v) is 22.3. The minimum absolute atomic E-state index is 1.09. The van der Waals surface area contributed by atoms with Crippen molar-refractivity contribution >= 4 is 10.6 Å². The molecule has 0 aromatic heterocycles. The Morgan fingerprint density at radius 1 is 0.379 bits per heavy atom. The molecule has 3 nitrogen and oxygen atoms in total. The molecule has 0 radical (unpaired) electrons. The third-order valence-electron chi connectivity index (χ3n) is 6.03. The summed E-state index contributed by atoms with van der Waals surface area (Å²) in [6.45, 7) is 21.7. The minimum atomic E-state index is -1.09. The highest BCUT2D eigenvalue weighted by Crippen LogP contribution is 2.55. The molecule has 0 spiro atoms. The van der Waals surface area contributed by atoms with Crippen molar-refractivity contribution in [3.05, 3.63) is 0 Å². The van der Waals surface area contributed by atoms with Crippen LogP contribution >= 0.6 is 10.6 Å². The van der Waals surface area contributed by atoms with E-state index in [0.717, 1.165) is 0 Å². The zero-order valence-electron chi connectivity index (χ0n) is 21.5. The molecule has 0 unspecified atom stereocenters. The Labute approximate surface area is 187 Å². The molecule has 0 N–H and O–H groups in total. The van der Waals surface area contributed by atoms with Crippen molar-refractivity contribution in [2.45, 2.75) is 119 Å². The molecule has 0 saturated carbocycles. The lowest BCUT2D eigenvalue weighted by Crippen LogP contribution is -2.50. The summed E-state index contributed by atoms with van der Waals surface area (Å²) in [5.74, 6) is 0. The van der Waals surface area contributed by atoms with Crippen LogP contribution in [-0.2, 0) is 0 Å². The van der Waals surface area contributed by atoms with Crippen molar-refractivity contribution in [2.24, 2.45) is 0 Å². The summed E-state index contributed by atoms with van der Waals surface area (Å²) in [4.78, 5) is 0. The van der Waals surface area contributed by atoms with E-state index in [1.54, 1.807) is 0 Å². The summed E-state index contributed by atoms with van der Waals surface area (Å²) in [7, 11) is -1.09. The van der Waals surface area contributed by atoms with Gasteiger partial charge in [-0.25, -0.2) is 12.9 Å². The Hall–Kier alpha value is 0.230. The fourth-order valence-electron chi connectivity index (χ4n) is 3.87. The van der Waals surface area contributed by atoms with Gasteiger partial charge in [-0.15, -0.1) is 0 Å². The lowest BCUT2D eigenvalue weighted by Gasteiger charge is -2.59. The lowest BCUT2D eigenvalue weighted by molar-refractivity contribution is 0.309. The lowest BCUT2D eigenvalue weighted by atomic mass is 10.3. The van der Waals surface area contributed by atoms with E-state index in [9.17, 15) is 0 Å². The second-order valence-corrected chi connectivity index (χ2v) is 11.8. The summed E-state index contributed by atoms with van der Waals surface area (Å²) < 4.78 is 8.86. The fourth-order valence-corrected chi connectivity index (χ4v) is 7.70. The van der Waals surface area contributed by atoms with E-state index in [2.05, 4.69) is 60.7 Å². The first-order chi connectivity index (χ1) is 14.1. The molecule has 29 heavy (non-hydrogen) atoms. The van der Waals surface area contributed by atoms with Crippen LogP contribution in [0.1, 0.15) is 119 Å². The maximum atomic E-state index is 2.96. The van der Waals surface area contributed by atoms with Crippen LogP contribution in [0.3, 0.4) is 0 Å². The number of hydrogen-bond donors (Lipinski definition) is 0. The smallest absolute Gasteiger partial charge is 0.00964 e. The highest BCUT2D eigenvalue weighted by molar-refractivity contribution is 8.27. The van der Waals surface area contributed by atoms with Crippen LogP contribution < -0.4 is 0 Å². The van der Waals surface area contributed by atoms with E-state index in [-0.39, 0.29) is 0 Å². The Morgan fingerprint density at radius 2 is 0.552 bits per heavy atom. The van der Waals surface area contributed by atoms with Gasteiger partial charge in [-0.05, 0) is 38.5 Å². The summed E-state index contributed by atoms with van der Waals surface area (Å²) in [5.41, 5.74) is 0. The number of hydrogen-bond acceptors (Lipinski definition) is 3. The highest BCUT2D eigenvalue weighted by atomic mass is 32.3. The van der Waals surface area contributed by atoms with Crippen LogP contribution in [0, 0.1) is 0 Å². The molecule has 0 saturated heterocycles. The van der Waals surface area contributed by atoms with Crippen LogP contribution in [0.15, 0.2) is 0 Å². The quantitative estimate of drug-likeness (QED) is 0.183. The van der Waals surface area contributed by atoms with Crippen LogP contribution in [-0.4, -0.2) is 58.4 Å². The average molecular weight is 432 g/mol. The molecule has 0 amide bonds. The largest absolute Gasteiger partial charge is 0.245 e. The van der Waals surface area contributed by atoms with E-state index in [0.29, 0.717) is 0 Å². The van der Waals surface area contributed by atoms with Crippen molar-refractivity contribution in [1.29, 1.82) is 0 Å². The topological polar surface area (TPSA) is 9.72 Å². The van der Waals surface area contributed by atoms with Gasteiger partial charge in [-0.1, -0.05) is 90.7 Å². The maximum absolute atomic E-state index is 2.96. The van der Waals surface area contributed by atoms with E-state index < -0.39 is 10.6 Å². The molecular formula is C25H57N3S. The van der Waals surface area contributed by atoms with E-state index in [1.807, 2.05) is 0 Å². The number of unbranched alkanes of at least 4 members (excludes halogenated alkanes) is 6. The second-order valence-electron chi connectivity index (χ2n) is 8.70. The second kappa shape index (κ2) is 19.0. The van der Waals surface area contributed by atoms with Gasteiger partial charge in [0.2, 0.25) is 0 Å². The summed E-state index contributed by atoms with van der Waals surface area (Å²) >= 11 is 0. The van der Waals surface area contributed by atoms with Gasteiger partial charge in [0, 0.05) is 45.5 Å². The third kappa shape index (κ3) is 10.9. The van der Waals surface area contributed by atoms with Gasteiger partial charge < -0.3 is 0 Å². The summed E-state index contributed by atoms with van der Waals surface area (Å²) in [6, 6.07) is 0. The van der Waals surface area contributed by atoms with E-state index in [1.165, 1.54) is 116 Å². The van der Waals surface area contributed by atoms with Gasteiger partial charge in [-0.2, -0.15) is 0 Å². The van der Waals surface area contributed by atoms with Crippen LogP contribution in [0.2, 0.25) is 0 Å². The fraction of sp³-hybridized carbons (Fsp3) is 1.00. The molecule has 0 aliphatic rings. The van der Waals surface area contributed by atoms with Crippen molar-refractivity contribution < 1.29 is 0 Å². The first-order valence-electron chi connectivity index (χ1n) is 13.1. The van der Waals surface area contributed by atoms with Gasteiger partial charge in [0.25, 0.3) is 0 Å². The van der Waals surface area contributed by atoms with E-state index >= 15 is 0 Å². The first-order valence-corrected chi connectivity index (χ1v) is 15.0. The van der Waals surface area contributed by atoms with Crippen LogP contribution in [0.25, 0.3) is 0 Å². The van der Waals surface area contributed by atoms with Crippen molar-refractivity contribution in [1.82, 2.24) is 12.9 Å². The van der Waals surface area contributed by atoms with Crippen molar-refractivity contribution in [3.63, 3.8) is 0 Å². The third-order valence-corrected chi connectivity index (χ3v) is 10.1.